The molecule has 3 rings (SSSR count). The summed E-state index contributed by atoms with van der Waals surface area (Å²) in [6, 6.07) is 14.2. The van der Waals surface area contributed by atoms with E-state index in [1.165, 1.54) is 26.2 Å². The molecule has 0 unspecified atom stereocenters. The van der Waals surface area contributed by atoms with Crippen molar-refractivity contribution in [2.24, 2.45) is 0 Å². The number of para-hydroxylation sites is 3. The molecular formula is C18H18O6. The Hall–Kier alpha value is -2.86. The molecular weight excluding hydrogens is 312 g/mol. The Balaban J connectivity index is 0.000000242. The monoisotopic (exact) mass is 330 g/mol. The van der Waals surface area contributed by atoms with E-state index in [-0.39, 0.29) is 17.9 Å². The molecule has 0 aliphatic carbocycles. The van der Waals surface area contributed by atoms with E-state index in [1.54, 1.807) is 12.1 Å². The molecule has 0 bridgehead atoms. The van der Waals surface area contributed by atoms with Crippen LogP contribution < -0.4 is 9.47 Å². The van der Waals surface area contributed by atoms with Gasteiger partial charge in [0.05, 0.1) is 6.61 Å². The summed E-state index contributed by atoms with van der Waals surface area (Å²) in [6.07, 6.45) is 0. The number of fused-ring (bicyclic) bond motifs is 1. The van der Waals surface area contributed by atoms with Crippen molar-refractivity contribution in [2.75, 3.05) is 20.3 Å². The van der Waals surface area contributed by atoms with Crippen LogP contribution in [0.4, 0.5) is 0 Å². The van der Waals surface area contributed by atoms with Crippen molar-refractivity contribution in [3.8, 4) is 17.2 Å². The van der Waals surface area contributed by atoms with Gasteiger partial charge in [-0.15, -0.1) is 0 Å². The summed E-state index contributed by atoms with van der Waals surface area (Å²) in [7, 11) is 1.51. The predicted octanol–water partition coefficient (Wildman–Crippen LogP) is 3.21. The van der Waals surface area contributed by atoms with Crippen LogP contribution in [0.2, 0.25) is 0 Å². The van der Waals surface area contributed by atoms with E-state index in [2.05, 4.69) is 0 Å². The third kappa shape index (κ3) is 5.40. The fourth-order valence-corrected chi connectivity index (χ4v) is 1.79. The van der Waals surface area contributed by atoms with Crippen LogP contribution >= 0.6 is 0 Å². The summed E-state index contributed by atoms with van der Waals surface area (Å²) in [5, 5.41) is 0. The highest BCUT2D eigenvalue weighted by Crippen LogP contribution is 2.43. The zero-order valence-electron chi connectivity index (χ0n) is 13.5. The third-order valence-electron chi connectivity index (χ3n) is 2.91. The average Bonchev–Trinajstić information content (AvgIpc) is 3.35. The fourth-order valence-electron chi connectivity index (χ4n) is 1.79. The van der Waals surface area contributed by atoms with E-state index < -0.39 is 11.9 Å². The van der Waals surface area contributed by atoms with Gasteiger partial charge >= 0.3 is 11.9 Å². The van der Waals surface area contributed by atoms with Crippen LogP contribution in [0.5, 0.6) is 17.2 Å². The smallest absolute Gasteiger partial charge is 0.342 e. The Morgan fingerprint density at radius 2 is 1.58 bits per heavy atom. The second-order valence-corrected chi connectivity index (χ2v) is 4.77. The number of ether oxygens (including phenoxy) is 4. The van der Waals surface area contributed by atoms with Gasteiger partial charge in [-0.05, 0) is 24.3 Å². The number of methoxy groups -OCH3 is 1. The first-order valence-corrected chi connectivity index (χ1v) is 7.32. The zero-order valence-corrected chi connectivity index (χ0v) is 13.5. The Labute approximate surface area is 139 Å². The highest BCUT2D eigenvalue weighted by Gasteiger charge is 2.16. The molecule has 126 valence electrons. The molecule has 6 nitrogen and oxygen atoms in total. The molecule has 2 aromatic carbocycles. The van der Waals surface area contributed by atoms with Gasteiger partial charge in [0.1, 0.15) is 17.9 Å². The number of carbonyl (C=O) groups excluding carboxylic acids is 2. The van der Waals surface area contributed by atoms with Crippen molar-refractivity contribution >= 4 is 11.9 Å². The molecule has 1 aliphatic heterocycles. The average molecular weight is 330 g/mol. The van der Waals surface area contributed by atoms with E-state index in [0.29, 0.717) is 6.61 Å². The molecule has 24 heavy (non-hydrogen) atoms. The molecule has 0 saturated heterocycles. The first kappa shape index (κ1) is 17.5. The van der Waals surface area contributed by atoms with Crippen LogP contribution in [0.3, 0.4) is 0 Å². The first-order chi connectivity index (χ1) is 11.6. The molecule has 0 fully saturated rings. The normalized spacial score (nSPS) is 10.4. The quantitative estimate of drug-likeness (QED) is 0.309. The largest absolute Gasteiger partial charge is 0.460 e. The van der Waals surface area contributed by atoms with Crippen molar-refractivity contribution < 1.29 is 28.5 Å². The van der Waals surface area contributed by atoms with Crippen LogP contribution in [0.15, 0.2) is 48.5 Å². The maximum absolute atomic E-state index is 11.7. The lowest BCUT2D eigenvalue weighted by Crippen LogP contribution is -2.12. The number of esters is 2. The topological polar surface area (TPSA) is 74.4 Å². The number of benzene rings is 2. The summed E-state index contributed by atoms with van der Waals surface area (Å²) in [5.41, 5.74) is 0.221. The Morgan fingerprint density at radius 3 is 2.17 bits per heavy atom. The number of carbonyl (C=O) groups is 2. The van der Waals surface area contributed by atoms with Crippen LogP contribution in [-0.4, -0.2) is 32.3 Å². The summed E-state index contributed by atoms with van der Waals surface area (Å²) in [5.74, 6) is 1.23. The van der Waals surface area contributed by atoms with E-state index >= 15 is 0 Å². The SMILES string of the molecule is COCCOC(=O)c1ccccc1OC(C)=O.c1ccc2c(c1)O2. The number of rotatable bonds is 5. The van der Waals surface area contributed by atoms with Crippen LogP contribution in [0, 0.1) is 0 Å². The molecule has 0 spiro atoms. The molecule has 0 amide bonds. The third-order valence-corrected chi connectivity index (χ3v) is 2.91. The van der Waals surface area contributed by atoms with Crippen molar-refractivity contribution in [1.82, 2.24) is 0 Å². The van der Waals surface area contributed by atoms with Crippen LogP contribution in [0.1, 0.15) is 17.3 Å². The van der Waals surface area contributed by atoms with Gasteiger partial charge in [0.25, 0.3) is 0 Å². The minimum absolute atomic E-state index is 0.156. The van der Waals surface area contributed by atoms with Crippen molar-refractivity contribution in [1.29, 1.82) is 0 Å². The predicted molar refractivity (Wildman–Crippen MR) is 86.4 cm³/mol. The summed E-state index contributed by atoms with van der Waals surface area (Å²) >= 11 is 0. The van der Waals surface area contributed by atoms with Gasteiger partial charge in [0, 0.05) is 14.0 Å². The Kier molecular flexibility index (Phi) is 6.33. The van der Waals surface area contributed by atoms with Gasteiger partial charge in [-0.25, -0.2) is 4.79 Å². The second-order valence-electron chi connectivity index (χ2n) is 4.77. The lowest BCUT2D eigenvalue weighted by molar-refractivity contribution is -0.131. The molecule has 0 atom stereocenters. The second kappa shape index (κ2) is 8.69. The summed E-state index contributed by atoms with van der Waals surface area (Å²) in [6.45, 7) is 1.75. The lowest BCUT2D eigenvalue weighted by atomic mass is 10.2. The van der Waals surface area contributed by atoms with Crippen LogP contribution in [-0.2, 0) is 14.3 Å². The summed E-state index contributed by atoms with van der Waals surface area (Å²) in [4.78, 5) is 22.5. The lowest BCUT2D eigenvalue weighted by Gasteiger charge is -2.08. The Morgan fingerprint density at radius 1 is 0.958 bits per heavy atom. The molecule has 0 radical (unpaired) electrons. The number of hydrogen-bond donors (Lipinski definition) is 0. The highest BCUT2D eigenvalue weighted by molar-refractivity contribution is 5.93. The van der Waals surface area contributed by atoms with Crippen LogP contribution in [0.25, 0.3) is 0 Å². The standard InChI is InChI=1S/C12H14O5.C6H4O/c1-9(13)17-11-6-4-3-5-10(11)12(14)16-8-7-15-2;1-2-4-6-5(3-1)7-6/h3-6H,7-8H2,1-2H3;1-4H. The van der Waals surface area contributed by atoms with Crippen molar-refractivity contribution in [3.05, 3.63) is 54.1 Å². The Bertz CT molecular complexity index is 689. The van der Waals surface area contributed by atoms with Crippen molar-refractivity contribution in [2.45, 2.75) is 6.92 Å². The van der Waals surface area contributed by atoms with Gasteiger partial charge in [-0.2, -0.15) is 0 Å². The van der Waals surface area contributed by atoms with Gasteiger partial charge in [0.15, 0.2) is 11.5 Å². The van der Waals surface area contributed by atoms with Gasteiger partial charge in [-0.1, -0.05) is 24.3 Å². The molecule has 2 aromatic rings. The highest BCUT2D eigenvalue weighted by atomic mass is 16.6. The van der Waals surface area contributed by atoms with Gasteiger partial charge in [-0.3, -0.25) is 4.79 Å². The first-order valence-electron chi connectivity index (χ1n) is 7.32. The molecule has 0 N–H and O–H groups in total. The minimum atomic E-state index is -0.543. The van der Waals surface area contributed by atoms with E-state index in [1.807, 2.05) is 24.3 Å². The van der Waals surface area contributed by atoms with E-state index in [9.17, 15) is 9.59 Å². The minimum Gasteiger partial charge on any atom is -0.460 e. The summed E-state index contributed by atoms with van der Waals surface area (Å²) < 4.78 is 19.5. The fraction of sp³-hybridized carbons (Fsp3) is 0.222. The molecule has 0 saturated carbocycles. The zero-order chi connectivity index (χ0) is 17.4. The molecule has 6 heteroatoms. The van der Waals surface area contributed by atoms with Gasteiger partial charge < -0.3 is 18.9 Å². The van der Waals surface area contributed by atoms with Crippen molar-refractivity contribution in [3.63, 3.8) is 0 Å². The van der Waals surface area contributed by atoms with E-state index in [4.69, 9.17) is 18.9 Å². The maximum Gasteiger partial charge on any atom is 0.342 e. The van der Waals surface area contributed by atoms with Gasteiger partial charge in [0.2, 0.25) is 0 Å². The maximum atomic E-state index is 11.7. The number of hydrogen-bond acceptors (Lipinski definition) is 6. The van der Waals surface area contributed by atoms with E-state index in [0.717, 1.165) is 11.5 Å². The molecule has 1 heterocycles. The molecule has 0 aromatic heterocycles. The molecule has 1 aliphatic rings.